The van der Waals surface area contributed by atoms with Crippen LogP contribution < -0.4 is 9.64 Å². The van der Waals surface area contributed by atoms with Crippen molar-refractivity contribution in [2.24, 2.45) is 0 Å². The van der Waals surface area contributed by atoms with Gasteiger partial charge in [-0.25, -0.2) is 0 Å². The first kappa shape index (κ1) is 23.4. The summed E-state index contributed by atoms with van der Waals surface area (Å²) in [6.45, 7) is 6.46. The molecule has 0 radical (unpaired) electrons. The number of carbonyl (C=O) groups excluding carboxylic acids is 2. The minimum atomic E-state index is -0.792. The van der Waals surface area contributed by atoms with Gasteiger partial charge >= 0.3 is 0 Å². The molecule has 2 N–H and O–H groups in total. The molecule has 2 heterocycles. The van der Waals surface area contributed by atoms with Gasteiger partial charge in [-0.15, -0.1) is 0 Å². The summed E-state index contributed by atoms with van der Waals surface area (Å²) in [4.78, 5) is 31.7. The molecule has 1 saturated heterocycles. The third-order valence-electron chi connectivity index (χ3n) is 6.55. The number of aliphatic hydroxyl groups is 1. The normalized spacial score (nSPS) is 17.2. The fraction of sp³-hybridized carbons (Fsp3) is 0.200. The molecule has 1 atom stereocenters. The van der Waals surface area contributed by atoms with E-state index in [1.807, 2.05) is 75.5 Å². The lowest BCUT2D eigenvalue weighted by molar-refractivity contribution is -0.132. The van der Waals surface area contributed by atoms with Gasteiger partial charge in [-0.1, -0.05) is 37.3 Å². The molecule has 4 aromatic rings. The number of carbonyl (C=O) groups is 2. The molecule has 0 aliphatic carbocycles. The second-order valence-electron chi connectivity index (χ2n) is 9.13. The minimum absolute atomic E-state index is 0.0629. The average molecular weight is 481 g/mol. The minimum Gasteiger partial charge on any atom is -0.507 e. The zero-order valence-corrected chi connectivity index (χ0v) is 20.5. The summed E-state index contributed by atoms with van der Waals surface area (Å²) in [7, 11) is 0. The van der Waals surface area contributed by atoms with Crippen molar-refractivity contribution in [1.82, 2.24) is 4.98 Å². The molecule has 1 unspecified atom stereocenters. The topological polar surface area (TPSA) is 82.6 Å². The predicted octanol–water partition coefficient (Wildman–Crippen LogP) is 6.20. The summed E-state index contributed by atoms with van der Waals surface area (Å²) in [6.07, 6.45) is 2.69. The van der Waals surface area contributed by atoms with Crippen LogP contribution in [0.15, 0.2) is 78.5 Å². The van der Waals surface area contributed by atoms with Crippen LogP contribution in [0, 0.1) is 13.8 Å². The standard InChI is InChI=1S/C30H28N2O4/c1-4-14-36-25-13-12-20(16-19(25)3)28(33)26-27(23-17-31-24-11-6-5-10-22(23)24)32(30(35)29(26)34)21-9-7-8-18(2)15-21/h5-13,15-17,27,31,33H,4,14H2,1-3H3/b28-26+. The van der Waals surface area contributed by atoms with E-state index in [1.165, 1.54) is 4.90 Å². The van der Waals surface area contributed by atoms with E-state index in [0.717, 1.165) is 39.8 Å². The molecule has 1 amide bonds. The highest BCUT2D eigenvalue weighted by molar-refractivity contribution is 6.51. The van der Waals surface area contributed by atoms with Gasteiger partial charge in [-0.2, -0.15) is 0 Å². The Morgan fingerprint density at radius 3 is 2.58 bits per heavy atom. The molecule has 1 aliphatic heterocycles. The van der Waals surface area contributed by atoms with Crippen molar-refractivity contribution in [3.63, 3.8) is 0 Å². The van der Waals surface area contributed by atoms with E-state index in [9.17, 15) is 14.7 Å². The Labute approximate surface area is 209 Å². The van der Waals surface area contributed by atoms with E-state index in [4.69, 9.17) is 4.74 Å². The van der Waals surface area contributed by atoms with Crippen LogP contribution >= 0.6 is 0 Å². The number of H-pyrrole nitrogens is 1. The third-order valence-corrected chi connectivity index (χ3v) is 6.55. The number of ketones is 1. The van der Waals surface area contributed by atoms with Crippen molar-refractivity contribution in [2.75, 3.05) is 11.5 Å². The predicted molar refractivity (Wildman–Crippen MR) is 141 cm³/mol. The quantitative estimate of drug-likeness (QED) is 0.196. The second kappa shape index (κ2) is 9.38. The van der Waals surface area contributed by atoms with Crippen molar-refractivity contribution >= 4 is 34.0 Å². The van der Waals surface area contributed by atoms with Crippen LogP contribution in [-0.2, 0) is 9.59 Å². The van der Waals surface area contributed by atoms with Gasteiger partial charge in [0.05, 0.1) is 18.2 Å². The smallest absolute Gasteiger partial charge is 0.300 e. The number of nitrogens with zero attached hydrogens (tertiary/aromatic N) is 1. The number of aromatic amines is 1. The van der Waals surface area contributed by atoms with Crippen LogP contribution in [0.1, 0.15) is 41.6 Å². The molecule has 5 rings (SSSR count). The molecular weight excluding hydrogens is 452 g/mol. The number of aliphatic hydroxyl groups excluding tert-OH is 1. The second-order valence-corrected chi connectivity index (χ2v) is 9.13. The zero-order chi connectivity index (χ0) is 25.4. The molecule has 1 fully saturated rings. The van der Waals surface area contributed by atoms with Crippen molar-refractivity contribution in [3.05, 3.63) is 101 Å². The summed E-state index contributed by atoms with van der Waals surface area (Å²) in [5, 5.41) is 12.4. The molecular formula is C30H28N2O4. The number of aromatic nitrogens is 1. The number of para-hydroxylation sites is 1. The number of benzene rings is 3. The lowest BCUT2D eigenvalue weighted by Gasteiger charge is -2.25. The Kier molecular flexibility index (Phi) is 6.10. The van der Waals surface area contributed by atoms with E-state index in [-0.39, 0.29) is 11.3 Å². The fourth-order valence-corrected chi connectivity index (χ4v) is 4.82. The van der Waals surface area contributed by atoms with Gasteiger partial charge in [0.25, 0.3) is 11.7 Å². The number of hydrogen-bond acceptors (Lipinski definition) is 4. The Morgan fingerprint density at radius 1 is 1.03 bits per heavy atom. The number of rotatable bonds is 6. The van der Waals surface area contributed by atoms with Crippen molar-refractivity contribution < 1.29 is 19.4 Å². The molecule has 0 saturated carbocycles. The highest BCUT2D eigenvalue weighted by atomic mass is 16.5. The van der Waals surface area contributed by atoms with Gasteiger partial charge in [0.15, 0.2) is 0 Å². The number of fused-ring (bicyclic) bond motifs is 1. The summed E-state index contributed by atoms with van der Waals surface area (Å²) in [5.41, 5.74) is 4.56. The first-order valence-corrected chi connectivity index (χ1v) is 12.1. The summed E-state index contributed by atoms with van der Waals surface area (Å²) in [5.74, 6) is -0.865. The largest absolute Gasteiger partial charge is 0.507 e. The summed E-state index contributed by atoms with van der Waals surface area (Å²) >= 11 is 0. The molecule has 1 aromatic heterocycles. The highest BCUT2D eigenvalue weighted by Crippen LogP contribution is 2.44. The lowest BCUT2D eigenvalue weighted by Crippen LogP contribution is -2.29. The molecule has 3 aromatic carbocycles. The summed E-state index contributed by atoms with van der Waals surface area (Å²) < 4.78 is 5.77. The maximum atomic E-state index is 13.5. The van der Waals surface area contributed by atoms with E-state index < -0.39 is 17.7 Å². The van der Waals surface area contributed by atoms with Crippen molar-refractivity contribution in [3.8, 4) is 5.75 Å². The number of aryl methyl sites for hydroxylation is 2. The zero-order valence-electron chi connectivity index (χ0n) is 20.5. The van der Waals surface area contributed by atoms with Gasteiger partial charge in [0.1, 0.15) is 11.5 Å². The van der Waals surface area contributed by atoms with E-state index in [1.54, 1.807) is 18.2 Å². The maximum absolute atomic E-state index is 13.5. The number of hydrogen-bond donors (Lipinski definition) is 2. The highest BCUT2D eigenvalue weighted by Gasteiger charge is 2.47. The van der Waals surface area contributed by atoms with Crippen molar-refractivity contribution in [1.29, 1.82) is 0 Å². The SMILES string of the molecule is CCCOc1ccc(/C(O)=C2\C(=O)C(=O)N(c3cccc(C)c3)C2c2c[nH]c3ccccc23)cc1C. The molecule has 36 heavy (non-hydrogen) atoms. The number of ether oxygens (including phenoxy) is 1. The van der Waals surface area contributed by atoms with Gasteiger partial charge < -0.3 is 14.8 Å². The monoisotopic (exact) mass is 480 g/mol. The Hall–Kier alpha value is -4.32. The van der Waals surface area contributed by atoms with E-state index >= 15 is 0 Å². The van der Waals surface area contributed by atoms with Gasteiger partial charge in [-0.05, 0) is 67.8 Å². The first-order valence-electron chi connectivity index (χ1n) is 12.1. The van der Waals surface area contributed by atoms with Crippen LogP contribution in [0.5, 0.6) is 5.75 Å². The number of anilines is 1. The van der Waals surface area contributed by atoms with E-state index in [0.29, 0.717) is 17.9 Å². The summed E-state index contributed by atoms with van der Waals surface area (Å²) in [6, 6.07) is 19.7. The van der Waals surface area contributed by atoms with Gasteiger partial charge in [0.2, 0.25) is 0 Å². The van der Waals surface area contributed by atoms with Crippen molar-refractivity contribution in [2.45, 2.75) is 33.2 Å². The van der Waals surface area contributed by atoms with Gasteiger partial charge in [-0.3, -0.25) is 14.5 Å². The molecule has 6 heteroatoms. The number of nitrogens with one attached hydrogen (secondary N) is 1. The fourth-order valence-electron chi connectivity index (χ4n) is 4.82. The molecule has 1 aliphatic rings. The van der Waals surface area contributed by atoms with Crippen LogP contribution in [0.4, 0.5) is 5.69 Å². The number of Topliss-reactive ketones (excluding diaryl/α,β-unsaturated/α-hetero) is 1. The molecule has 0 bridgehead atoms. The average Bonchev–Trinajstić information content (AvgIpc) is 3.41. The Bertz CT molecular complexity index is 1510. The van der Waals surface area contributed by atoms with E-state index in [2.05, 4.69) is 4.98 Å². The Balaban J connectivity index is 1.71. The lowest BCUT2D eigenvalue weighted by atomic mass is 9.94. The maximum Gasteiger partial charge on any atom is 0.300 e. The molecule has 0 spiro atoms. The molecule has 6 nitrogen and oxygen atoms in total. The van der Waals surface area contributed by atoms with Gasteiger partial charge in [0, 0.05) is 33.9 Å². The Morgan fingerprint density at radius 2 is 1.83 bits per heavy atom. The van der Waals surface area contributed by atoms with Crippen LogP contribution in [0.25, 0.3) is 16.7 Å². The first-order chi connectivity index (χ1) is 17.4. The van der Waals surface area contributed by atoms with Crippen LogP contribution in [0.2, 0.25) is 0 Å². The van der Waals surface area contributed by atoms with Crippen LogP contribution in [-0.4, -0.2) is 28.4 Å². The number of amides is 1. The van der Waals surface area contributed by atoms with Crippen LogP contribution in [0.3, 0.4) is 0 Å². The molecule has 182 valence electrons. The third kappa shape index (κ3) is 3.94.